The smallest absolute Gasteiger partial charge is 0.244 e. The number of carbonyl (C=O) groups excluding carboxylic acids is 1. The Kier molecular flexibility index (Phi) is 4.66. The van der Waals surface area contributed by atoms with Crippen LogP contribution < -0.4 is 5.32 Å². The number of benzene rings is 2. The van der Waals surface area contributed by atoms with Crippen LogP contribution in [0.3, 0.4) is 0 Å². The number of carbonyl (C=O) groups is 1. The van der Waals surface area contributed by atoms with E-state index >= 15 is 0 Å². The van der Waals surface area contributed by atoms with E-state index in [-0.39, 0.29) is 11.7 Å². The van der Waals surface area contributed by atoms with Gasteiger partial charge in [-0.2, -0.15) is 0 Å². The van der Waals surface area contributed by atoms with Gasteiger partial charge in [-0.05, 0) is 48.4 Å². The van der Waals surface area contributed by atoms with Crippen LogP contribution >= 0.6 is 0 Å². The lowest BCUT2D eigenvalue weighted by Gasteiger charge is -2.08. The molecule has 3 rings (SSSR count). The maximum atomic E-state index is 12.8. The Hall–Kier alpha value is -3.01. The molecule has 0 unspecified atom stereocenters. The molecule has 1 N–H and O–H groups in total. The van der Waals surface area contributed by atoms with E-state index in [0.717, 1.165) is 27.7 Å². The first kappa shape index (κ1) is 15.9. The van der Waals surface area contributed by atoms with Gasteiger partial charge in [0, 0.05) is 23.7 Å². The predicted octanol–water partition coefficient (Wildman–Crippen LogP) is 4.01. The molecular formula is C20H17FN2O. The molecule has 1 heterocycles. The minimum Gasteiger partial charge on any atom is -0.348 e. The highest BCUT2D eigenvalue weighted by molar-refractivity contribution is 5.92. The van der Waals surface area contributed by atoms with Crippen LogP contribution in [0.2, 0.25) is 0 Å². The zero-order chi connectivity index (χ0) is 16.9. The van der Waals surface area contributed by atoms with Crippen molar-refractivity contribution in [1.82, 2.24) is 10.3 Å². The number of hydrogen-bond donors (Lipinski definition) is 1. The number of nitrogens with one attached hydrogen (secondary N) is 1. The Labute approximate surface area is 139 Å². The molecule has 3 nitrogen and oxygen atoms in total. The predicted molar refractivity (Wildman–Crippen MR) is 93.8 cm³/mol. The second kappa shape index (κ2) is 7.04. The third-order valence-electron chi connectivity index (χ3n) is 3.68. The van der Waals surface area contributed by atoms with Crippen molar-refractivity contribution in [3.05, 3.63) is 83.3 Å². The molecule has 0 saturated carbocycles. The minimum atomic E-state index is -0.295. The average Bonchev–Trinajstić information content (AvgIpc) is 2.59. The Morgan fingerprint density at radius 2 is 1.92 bits per heavy atom. The van der Waals surface area contributed by atoms with Crippen molar-refractivity contribution in [2.45, 2.75) is 13.5 Å². The molecule has 24 heavy (non-hydrogen) atoms. The van der Waals surface area contributed by atoms with Crippen LogP contribution in [0.4, 0.5) is 4.39 Å². The fourth-order valence-corrected chi connectivity index (χ4v) is 2.53. The van der Waals surface area contributed by atoms with Crippen LogP contribution in [0.5, 0.6) is 0 Å². The van der Waals surface area contributed by atoms with Gasteiger partial charge in [-0.1, -0.05) is 30.3 Å². The number of nitrogens with zero attached hydrogens (tertiary/aromatic N) is 1. The molecule has 1 aromatic heterocycles. The highest BCUT2D eigenvalue weighted by atomic mass is 19.1. The van der Waals surface area contributed by atoms with Gasteiger partial charge < -0.3 is 5.32 Å². The first-order chi connectivity index (χ1) is 11.6. The SMILES string of the molecule is Cc1cc(CNC(=O)/C=C/c2ccc(F)cc2)c2ccccc2n1. The number of aromatic nitrogens is 1. The van der Waals surface area contributed by atoms with Crippen LogP contribution in [0.15, 0.2) is 60.7 Å². The zero-order valence-corrected chi connectivity index (χ0v) is 13.3. The van der Waals surface area contributed by atoms with Gasteiger partial charge in [0.15, 0.2) is 0 Å². The largest absolute Gasteiger partial charge is 0.348 e. The third kappa shape index (κ3) is 3.84. The number of amides is 1. The van der Waals surface area contributed by atoms with Crippen molar-refractivity contribution in [3.8, 4) is 0 Å². The molecule has 0 radical (unpaired) electrons. The Bertz CT molecular complexity index is 901. The number of aryl methyl sites for hydroxylation is 1. The summed E-state index contributed by atoms with van der Waals surface area (Å²) in [6.07, 6.45) is 3.11. The molecular weight excluding hydrogens is 303 g/mol. The van der Waals surface area contributed by atoms with Gasteiger partial charge in [0.05, 0.1) is 5.52 Å². The first-order valence-corrected chi connectivity index (χ1v) is 7.68. The molecule has 3 aromatic rings. The van der Waals surface area contributed by atoms with Crippen LogP contribution in [0.25, 0.3) is 17.0 Å². The second-order valence-corrected chi connectivity index (χ2v) is 5.54. The number of para-hydroxylation sites is 1. The summed E-state index contributed by atoms with van der Waals surface area (Å²) in [7, 11) is 0. The summed E-state index contributed by atoms with van der Waals surface area (Å²) in [6.45, 7) is 2.36. The quantitative estimate of drug-likeness (QED) is 0.738. The molecule has 120 valence electrons. The molecule has 0 spiro atoms. The van der Waals surface area contributed by atoms with Crippen LogP contribution in [-0.4, -0.2) is 10.9 Å². The van der Waals surface area contributed by atoms with Gasteiger partial charge in [-0.15, -0.1) is 0 Å². The molecule has 0 saturated heterocycles. The van der Waals surface area contributed by atoms with Crippen molar-refractivity contribution in [1.29, 1.82) is 0 Å². The van der Waals surface area contributed by atoms with Gasteiger partial charge in [0.25, 0.3) is 0 Å². The van der Waals surface area contributed by atoms with Crippen LogP contribution in [-0.2, 0) is 11.3 Å². The van der Waals surface area contributed by atoms with Crippen molar-refractivity contribution in [2.75, 3.05) is 0 Å². The fourth-order valence-electron chi connectivity index (χ4n) is 2.53. The number of rotatable bonds is 4. The number of pyridine rings is 1. The van der Waals surface area contributed by atoms with E-state index in [1.807, 2.05) is 37.3 Å². The Morgan fingerprint density at radius 3 is 2.71 bits per heavy atom. The van der Waals surface area contributed by atoms with E-state index in [4.69, 9.17) is 0 Å². The lowest BCUT2D eigenvalue weighted by molar-refractivity contribution is -0.116. The summed E-state index contributed by atoms with van der Waals surface area (Å²) >= 11 is 0. The maximum Gasteiger partial charge on any atom is 0.244 e. The first-order valence-electron chi connectivity index (χ1n) is 7.68. The number of hydrogen-bond acceptors (Lipinski definition) is 2. The number of halogens is 1. The van der Waals surface area contributed by atoms with Gasteiger partial charge in [-0.25, -0.2) is 4.39 Å². The van der Waals surface area contributed by atoms with Gasteiger partial charge in [-0.3, -0.25) is 9.78 Å². The summed E-state index contributed by atoms with van der Waals surface area (Å²) in [5.74, 6) is -0.491. The van der Waals surface area contributed by atoms with E-state index in [1.54, 1.807) is 18.2 Å². The zero-order valence-electron chi connectivity index (χ0n) is 13.3. The second-order valence-electron chi connectivity index (χ2n) is 5.54. The van der Waals surface area contributed by atoms with Crippen molar-refractivity contribution in [2.24, 2.45) is 0 Å². The van der Waals surface area contributed by atoms with Crippen LogP contribution in [0, 0.1) is 12.7 Å². The summed E-state index contributed by atoms with van der Waals surface area (Å²) in [6, 6.07) is 15.8. The monoisotopic (exact) mass is 320 g/mol. The summed E-state index contributed by atoms with van der Waals surface area (Å²) in [5.41, 5.74) is 3.64. The van der Waals surface area contributed by atoms with Gasteiger partial charge in [0.2, 0.25) is 5.91 Å². The van der Waals surface area contributed by atoms with Crippen molar-refractivity contribution in [3.63, 3.8) is 0 Å². The highest BCUT2D eigenvalue weighted by Crippen LogP contribution is 2.18. The topological polar surface area (TPSA) is 42.0 Å². The Balaban J connectivity index is 1.69. The van der Waals surface area contributed by atoms with E-state index in [1.165, 1.54) is 18.2 Å². The fraction of sp³-hybridized carbons (Fsp3) is 0.100. The lowest BCUT2D eigenvalue weighted by Crippen LogP contribution is -2.20. The molecule has 0 bridgehead atoms. The van der Waals surface area contributed by atoms with E-state index in [0.29, 0.717) is 6.54 Å². The normalized spacial score (nSPS) is 11.1. The lowest BCUT2D eigenvalue weighted by atomic mass is 10.1. The van der Waals surface area contributed by atoms with E-state index < -0.39 is 0 Å². The molecule has 0 aliphatic heterocycles. The molecule has 2 aromatic carbocycles. The third-order valence-corrected chi connectivity index (χ3v) is 3.68. The number of fused-ring (bicyclic) bond motifs is 1. The molecule has 4 heteroatoms. The van der Waals surface area contributed by atoms with E-state index in [9.17, 15) is 9.18 Å². The van der Waals surface area contributed by atoms with E-state index in [2.05, 4.69) is 10.3 Å². The minimum absolute atomic E-state index is 0.196. The summed E-state index contributed by atoms with van der Waals surface area (Å²) < 4.78 is 12.8. The van der Waals surface area contributed by atoms with Gasteiger partial charge >= 0.3 is 0 Å². The molecule has 0 atom stereocenters. The summed E-state index contributed by atoms with van der Waals surface area (Å²) in [4.78, 5) is 16.5. The van der Waals surface area contributed by atoms with Gasteiger partial charge in [0.1, 0.15) is 5.82 Å². The molecule has 0 aliphatic rings. The maximum absolute atomic E-state index is 12.8. The Morgan fingerprint density at radius 1 is 1.17 bits per heavy atom. The molecule has 0 fully saturated rings. The van der Waals surface area contributed by atoms with Crippen molar-refractivity contribution < 1.29 is 9.18 Å². The highest BCUT2D eigenvalue weighted by Gasteiger charge is 2.04. The van der Waals surface area contributed by atoms with Crippen LogP contribution in [0.1, 0.15) is 16.8 Å². The van der Waals surface area contributed by atoms with Crippen molar-refractivity contribution >= 4 is 22.9 Å². The summed E-state index contributed by atoms with van der Waals surface area (Å²) in [5, 5.41) is 3.91. The average molecular weight is 320 g/mol. The molecule has 0 aliphatic carbocycles. The standard InChI is InChI=1S/C20H17FN2O/c1-14-12-16(18-4-2-3-5-19(18)23-14)13-22-20(24)11-8-15-6-9-17(21)10-7-15/h2-12H,13H2,1H3,(H,22,24)/b11-8+. The molecule has 1 amide bonds.